The van der Waals surface area contributed by atoms with Crippen molar-refractivity contribution < 1.29 is 4.74 Å². The van der Waals surface area contributed by atoms with Crippen molar-refractivity contribution in [1.82, 2.24) is 0 Å². The zero-order valence-corrected chi connectivity index (χ0v) is 13.2. The molecule has 0 radical (unpaired) electrons. The Morgan fingerprint density at radius 2 is 2.14 bits per heavy atom. The number of hydrogen-bond acceptors (Lipinski definition) is 4. The summed E-state index contributed by atoms with van der Waals surface area (Å²) in [6.45, 7) is 4.58. The van der Waals surface area contributed by atoms with Gasteiger partial charge in [-0.25, -0.2) is 0 Å². The summed E-state index contributed by atoms with van der Waals surface area (Å²) < 4.78 is 5.86. The van der Waals surface area contributed by atoms with E-state index >= 15 is 0 Å². The van der Waals surface area contributed by atoms with Crippen molar-refractivity contribution in [3.8, 4) is 5.75 Å². The summed E-state index contributed by atoms with van der Waals surface area (Å²) in [6.07, 6.45) is 2.11. The highest BCUT2D eigenvalue weighted by Gasteiger charge is 2.25. The van der Waals surface area contributed by atoms with E-state index < -0.39 is 0 Å². The molecule has 2 N–H and O–H groups in total. The largest absolute Gasteiger partial charge is 0.491 e. The molecule has 3 nitrogen and oxygen atoms in total. The molecular formula is C17H22N2OS. The summed E-state index contributed by atoms with van der Waals surface area (Å²) in [7, 11) is 0. The first-order valence-electron chi connectivity index (χ1n) is 7.60. The van der Waals surface area contributed by atoms with Crippen molar-refractivity contribution in [1.29, 1.82) is 0 Å². The molecule has 0 aliphatic carbocycles. The first-order chi connectivity index (χ1) is 10.3. The smallest absolute Gasteiger partial charge is 0.142 e. The predicted molar refractivity (Wildman–Crippen MR) is 89.4 cm³/mol. The number of para-hydroxylation sites is 2. The van der Waals surface area contributed by atoms with Gasteiger partial charge in [0, 0.05) is 22.8 Å². The molecule has 1 aliphatic heterocycles. The first-order valence-corrected chi connectivity index (χ1v) is 8.42. The Morgan fingerprint density at radius 3 is 2.90 bits per heavy atom. The molecule has 0 bridgehead atoms. The van der Waals surface area contributed by atoms with Crippen LogP contribution in [-0.4, -0.2) is 19.7 Å². The van der Waals surface area contributed by atoms with Crippen molar-refractivity contribution >= 4 is 17.0 Å². The Labute approximate surface area is 130 Å². The number of thiophene rings is 1. The van der Waals surface area contributed by atoms with Crippen LogP contribution in [0.2, 0.25) is 0 Å². The van der Waals surface area contributed by atoms with Crippen LogP contribution >= 0.6 is 11.3 Å². The van der Waals surface area contributed by atoms with E-state index in [1.807, 2.05) is 23.5 Å². The zero-order chi connectivity index (χ0) is 14.7. The van der Waals surface area contributed by atoms with Crippen molar-refractivity contribution in [2.45, 2.75) is 25.8 Å². The number of rotatable bonds is 4. The fourth-order valence-corrected chi connectivity index (χ4v) is 3.92. The average Bonchev–Trinajstić information content (AvgIpc) is 2.90. The normalized spacial score (nSPS) is 16.0. The van der Waals surface area contributed by atoms with E-state index in [-0.39, 0.29) is 6.04 Å². The summed E-state index contributed by atoms with van der Waals surface area (Å²) in [6, 6.07) is 13.0. The molecule has 2 aromatic rings. The molecular weight excluding hydrogens is 280 g/mol. The van der Waals surface area contributed by atoms with Gasteiger partial charge in [0.15, 0.2) is 0 Å². The monoisotopic (exact) mass is 302 g/mol. The number of anilines is 1. The van der Waals surface area contributed by atoms with Gasteiger partial charge in [0.05, 0.1) is 18.3 Å². The number of ether oxygens (including phenoxy) is 1. The molecule has 0 amide bonds. The predicted octanol–water partition coefficient (Wildman–Crippen LogP) is 3.60. The van der Waals surface area contributed by atoms with Crippen LogP contribution in [0.5, 0.6) is 5.75 Å². The van der Waals surface area contributed by atoms with E-state index in [0.717, 1.165) is 37.4 Å². The van der Waals surface area contributed by atoms with E-state index in [0.29, 0.717) is 6.54 Å². The summed E-state index contributed by atoms with van der Waals surface area (Å²) in [4.78, 5) is 5.18. The summed E-state index contributed by atoms with van der Waals surface area (Å²) >= 11 is 1.88. The molecule has 4 heteroatoms. The van der Waals surface area contributed by atoms with Crippen molar-refractivity contribution in [2.75, 3.05) is 24.6 Å². The highest BCUT2D eigenvalue weighted by Crippen LogP contribution is 2.37. The SMILES string of the molecule is CCc1ccc(C(CN)N2CCCOc3ccccc32)s1. The van der Waals surface area contributed by atoms with Crippen molar-refractivity contribution in [3.63, 3.8) is 0 Å². The molecule has 0 saturated heterocycles. The molecule has 3 rings (SSSR count). The Bertz CT molecular complexity index is 596. The number of benzene rings is 1. The lowest BCUT2D eigenvalue weighted by molar-refractivity contribution is 0.322. The molecule has 1 aromatic carbocycles. The van der Waals surface area contributed by atoms with Crippen LogP contribution in [-0.2, 0) is 6.42 Å². The number of nitrogens with two attached hydrogens (primary N) is 1. The number of aryl methyl sites for hydroxylation is 1. The maximum Gasteiger partial charge on any atom is 0.142 e. The maximum atomic E-state index is 6.12. The van der Waals surface area contributed by atoms with E-state index in [1.54, 1.807) is 0 Å². The molecule has 1 atom stereocenters. The quantitative estimate of drug-likeness (QED) is 0.938. The van der Waals surface area contributed by atoms with E-state index in [1.165, 1.54) is 9.75 Å². The molecule has 0 fully saturated rings. The molecule has 112 valence electrons. The van der Waals surface area contributed by atoms with Gasteiger partial charge in [0.1, 0.15) is 5.75 Å². The molecule has 1 unspecified atom stereocenters. The van der Waals surface area contributed by atoms with Crippen molar-refractivity contribution in [2.24, 2.45) is 5.73 Å². The molecule has 2 heterocycles. The third-order valence-electron chi connectivity index (χ3n) is 3.93. The lowest BCUT2D eigenvalue weighted by Crippen LogP contribution is -2.33. The van der Waals surface area contributed by atoms with E-state index in [9.17, 15) is 0 Å². The Kier molecular flexibility index (Phi) is 4.46. The molecule has 0 spiro atoms. The zero-order valence-electron chi connectivity index (χ0n) is 12.4. The second-order valence-corrected chi connectivity index (χ2v) is 6.47. The highest BCUT2D eigenvalue weighted by atomic mass is 32.1. The van der Waals surface area contributed by atoms with Crippen LogP contribution < -0.4 is 15.4 Å². The number of hydrogen-bond donors (Lipinski definition) is 1. The molecule has 21 heavy (non-hydrogen) atoms. The summed E-state index contributed by atoms with van der Waals surface area (Å²) in [5.74, 6) is 0.973. The van der Waals surface area contributed by atoms with Crippen molar-refractivity contribution in [3.05, 3.63) is 46.2 Å². The standard InChI is InChI=1S/C17H22N2OS/c1-2-13-8-9-17(21-13)15(12-18)19-10-5-11-20-16-7-4-3-6-14(16)19/h3-4,6-9,15H,2,5,10-12,18H2,1H3. The van der Waals surface area contributed by atoms with Crippen LogP contribution in [0.15, 0.2) is 36.4 Å². The first kappa shape index (κ1) is 14.4. The lowest BCUT2D eigenvalue weighted by Gasteiger charge is -2.31. The van der Waals surface area contributed by atoms with Gasteiger partial charge in [0.2, 0.25) is 0 Å². The Hall–Kier alpha value is -1.52. The van der Waals surface area contributed by atoms with Gasteiger partial charge in [0.25, 0.3) is 0 Å². The van der Waals surface area contributed by atoms with Crippen LogP contribution in [0.3, 0.4) is 0 Å². The topological polar surface area (TPSA) is 38.5 Å². The van der Waals surface area contributed by atoms with Crippen LogP contribution in [0.25, 0.3) is 0 Å². The molecule has 0 saturated carbocycles. The second kappa shape index (κ2) is 6.50. The third-order valence-corrected chi connectivity index (χ3v) is 5.27. The Balaban J connectivity index is 1.96. The minimum absolute atomic E-state index is 0.234. The highest BCUT2D eigenvalue weighted by molar-refractivity contribution is 7.12. The maximum absolute atomic E-state index is 6.12. The molecule has 1 aliphatic rings. The van der Waals surface area contributed by atoms with Gasteiger partial charge in [-0.1, -0.05) is 19.1 Å². The summed E-state index contributed by atoms with van der Waals surface area (Å²) in [5, 5.41) is 0. The minimum atomic E-state index is 0.234. The summed E-state index contributed by atoms with van der Waals surface area (Å²) in [5.41, 5.74) is 7.28. The van der Waals surface area contributed by atoms with E-state index in [4.69, 9.17) is 10.5 Å². The van der Waals surface area contributed by atoms with Crippen LogP contribution in [0, 0.1) is 0 Å². The number of fused-ring (bicyclic) bond motifs is 1. The fourth-order valence-electron chi connectivity index (χ4n) is 2.84. The van der Waals surface area contributed by atoms with Crippen LogP contribution in [0.4, 0.5) is 5.69 Å². The number of nitrogens with zero attached hydrogens (tertiary/aromatic N) is 1. The Morgan fingerprint density at radius 1 is 1.29 bits per heavy atom. The third kappa shape index (κ3) is 2.92. The van der Waals surface area contributed by atoms with Gasteiger partial charge < -0.3 is 15.4 Å². The minimum Gasteiger partial charge on any atom is -0.491 e. The fraction of sp³-hybridized carbons (Fsp3) is 0.412. The van der Waals surface area contributed by atoms with Crippen LogP contribution in [0.1, 0.15) is 29.1 Å². The lowest BCUT2D eigenvalue weighted by atomic mass is 10.1. The second-order valence-electron chi connectivity index (χ2n) is 5.27. The molecule has 1 aromatic heterocycles. The van der Waals surface area contributed by atoms with Gasteiger partial charge >= 0.3 is 0 Å². The van der Waals surface area contributed by atoms with Gasteiger partial charge in [-0.2, -0.15) is 0 Å². The van der Waals surface area contributed by atoms with Gasteiger partial charge in [-0.05, 0) is 37.1 Å². The van der Waals surface area contributed by atoms with E-state index in [2.05, 4.69) is 36.1 Å². The van der Waals surface area contributed by atoms with Gasteiger partial charge in [-0.3, -0.25) is 0 Å². The average molecular weight is 302 g/mol. The van der Waals surface area contributed by atoms with Gasteiger partial charge in [-0.15, -0.1) is 11.3 Å².